The van der Waals surface area contributed by atoms with Gasteiger partial charge in [-0.3, -0.25) is 4.90 Å². The van der Waals surface area contributed by atoms with Crippen molar-refractivity contribution in [3.63, 3.8) is 0 Å². The second-order valence-electron chi connectivity index (χ2n) is 6.31. The smallest absolute Gasteiger partial charge is 0.0340 e. The normalized spacial score (nSPS) is 20.0. The van der Waals surface area contributed by atoms with Crippen LogP contribution in [0.3, 0.4) is 0 Å². The average Bonchev–Trinajstić information content (AvgIpc) is 2.45. The van der Waals surface area contributed by atoms with Crippen LogP contribution in [0.25, 0.3) is 0 Å². The van der Waals surface area contributed by atoms with Crippen LogP contribution in [-0.4, -0.2) is 24.5 Å². The fourth-order valence-corrected chi connectivity index (χ4v) is 3.02. The van der Waals surface area contributed by atoms with Crippen LogP contribution in [0.1, 0.15) is 51.5 Å². The maximum atomic E-state index is 3.50. The summed E-state index contributed by atoms with van der Waals surface area (Å²) in [6.45, 7) is 9.35. The molecule has 1 aliphatic heterocycles. The molecule has 0 saturated carbocycles. The Bertz CT molecular complexity index is 372. The van der Waals surface area contributed by atoms with Gasteiger partial charge in [0.25, 0.3) is 0 Å². The van der Waals surface area contributed by atoms with Crippen molar-refractivity contribution in [1.82, 2.24) is 4.90 Å². The third-order valence-electron chi connectivity index (χ3n) is 4.21. The van der Waals surface area contributed by atoms with E-state index in [-0.39, 0.29) is 0 Å². The highest BCUT2D eigenvalue weighted by Crippen LogP contribution is 2.18. The lowest BCUT2D eigenvalue weighted by Gasteiger charge is -2.30. The van der Waals surface area contributed by atoms with E-state index < -0.39 is 0 Å². The summed E-state index contributed by atoms with van der Waals surface area (Å²) >= 11 is 0. The van der Waals surface area contributed by atoms with E-state index in [4.69, 9.17) is 0 Å². The molecule has 0 bridgehead atoms. The number of nitrogens with zero attached hydrogens (tertiary/aromatic N) is 1. The fourth-order valence-electron chi connectivity index (χ4n) is 3.02. The van der Waals surface area contributed by atoms with Gasteiger partial charge in [0.15, 0.2) is 0 Å². The summed E-state index contributed by atoms with van der Waals surface area (Å²) in [5.41, 5.74) is 2.70. The molecule has 1 aromatic carbocycles. The van der Waals surface area contributed by atoms with Crippen LogP contribution in [0.15, 0.2) is 24.3 Å². The topological polar surface area (TPSA) is 15.3 Å². The molecular weight excluding hydrogens is 244 g/mol. The Morgan fingerprint density at radius 2 is 2.00 bits per heavy atom. The number of hydrogen-bond donors (Lipinski definition) is 1. The van der Waals surface area contributed by atoms with Gasteiger partial charge in [-0.25, -0.2) is 0 Å². The summed E-state index contributed by atoms with van der Waals surface area (Å²) in [4.78, 5) is 2.60. The van der Waals surface area contributed by atoms with Gasteiger partial charge in [-0.15, -0.1) is 0 Å². The molecule has 0 aromatic heterocycles. The number of unbranched alkanes of at least 4 members (excludes halogenated alkanes) is 2. The van der Waals surface area contributed by atoms with Crippen molar-refractivity contribution in [2.45, 2.75) is 52.5 Å². The van der Waals surface area contributed by atoms with Crippen molar-refractivity contribution in [3.05, 3.63) is 29.8 Å². The van der Waals surface area contributed by atoms with Crippen LogP contribution < -0.4 is 5.32 Å². The first kappa shape index (κ1) is 15.4. The van der Waals surface area contributed by atoms with Crippen LogP contribution in [0, 0.1) is 5.92 Å². The molecule has 1 atom stereocenters. The summed E-state index contributed by atoms with van der Waals surface area (Å²) in [6, 6.07) is 9.02. The molecule has 1 aliphatic rings. The zero-order chi connectivity index (χ0) is 14.2. The third-order valence-corrected chi connectivity index (χ3v) is 4.21. The number of likely N-dealkylation sites (tertiary alicyclic amines) is 1. The van der Waals surface area contributed by atoms with E-state index in [1.54, 1.807) is 0 Å². The predicted molar refractivity (Wildman–Crippen MR) is 88.1 cm³/mol. The van der Waals surface area contributed by atoms with Crippen molar-refractivity contribution >= 4 is 5.69 Å². The van der Waals surface area contributed by atoms with E-state index in [1.165, 1.54) is 56.4 Å². The van der Waals surface area contributed by atoms with E-state index >= 15 is 0 Å². The lowest BCUT2D eigenvalue weighted by atomic mass is 10.00. The molecule has 1 fully saturated rings. The van der Waals surface area contributed by atoms with Gasteiger partial charge in [-0.2, -0.15) is 0 Å². The summed E-state index contributed by atoms with van der Waals surface area (Å²) in [5, 5.41) is 3.50. The molecular formula is C18H30N2. The number of nitrogens with one attached hydrogen (secondary N) is 1. The molecule has 1 saturated heterocycles. The summed E-state index contributed by atoms with van der Waals surface area (Å²) in [6.07, 6.45) is 6.63. The SMILES string of the molecule is CCCCCNc1ccc(CN2CCCC(C)C2)cc1. The van der Waals surface area contributed by atoms with E-state index in [2.05, 4.69) is 48.3 Å². The monoisotopic (exact) mass is 274 g/mol. The first-order chi connectivity index (χ1) is 9.78. The Kier molecular flexibility index (Phi) is 6.38. The summed E-state index contributed by atoms with van der Waals surface area (Å²) in [7, 11) is 0. The largest absolute Gasteiger partial charge is 0.385 e. The number of anilines is 1. The summed E-state index contributed by atoms with van der Waals surface area (Å²) < 4.78 is 0. The van der Waals surface area contributed by atoms with Crippen molar-refractivity contribution in [3.8, 4) is 0 Å². The highest BCUT2D eigenvalue weighted by Gasteiger charge is 2.15. The molecule has 2 heteroatoms. The molecule has 0 spiro atoms. The minimum atomic E-state index is 0.864. The molecule has 1 unspecified atom stereocenters. The Morgan fingerprint density at radius 1 is 1.20 bits per heavy atom. The van der Waals surface area contributed by atoms with E-state index in [0.717, 1.165) is 19.0 Å². The van der Waals surface area contributed by atoms with Gasteiger partial charge >= 0.3 is 0 Å². The molecule has 2 rings (SSSR count). The number of rotatable bonds is 7. The number of benzene rings is 1. The minimum absolute atomic E-state index is 0.864. The van der Waals surface area contributed by atoms with Gasteiger partial charge in [0.05, 0.1) is 0 Å². The van der Waals surface area contributed by atoms with Gasteiger partial charge < -0.3 is 5.32 Å². The van der Waals surface area contributed by atoms with Gasteiger partial charge in [-0.1, -0.05) is 38.8 Å². The first-order valence-electron chi connectivity index (χ1n) is 8.33. The van der Waals surface area contributed by atoms with E-state index in [0.29, 0.717) is 0 Å². The maximum Gasteiger partial charge on any atom is 0.0340 e. The third kappa shape index (κ3) is 5.16. The summed E-state index contributed by atoms with van der Waals surface area (Å²) in [5.74, 6) is 0.864. The van der Waals surface area contributed by atoms with Crippen LogP contribution in [0.4, 0.5) is 5.69 Å². The Morgan fingerprint density at radius 3 is 2.70 bits per heavy atom. The molecule has 1 N–H and O–H groups in total. The molecule has 0 radical (unpaired) electrons. The first-order valence-corrected chi connectivity index (χ1v) is 8.33. The van der Waals surface area contributed by atoms with Crippen molar-refractivity contribution in [2.24, 2.45) is 5.92 Å². The second kappa shape index (κ2) is 8.31. The van der Waals surface area contributed by atoms with Gasteiger partial charge in [0.2, 0.25) is 0 Å². The van der Waals surface area contributed by atoms with Crippen LogP contribution >= 0.6 is 0 Å². The quantitative estimate of drug-likeness (QED) is 0.735. The Balaban J connectivity index is 1.76. The van der Waals surface area contributed by atoms with Crippen molar-refractivity contribution in [1.29, 1.82) is 0 Å². The van der Waals surface area contributed by atoms with E-state index in [9.17, 15) is 0 Å². The standard InChI is InChI=1S/C18H30N2/c1-3-4-5-12-19-18-10-8-17(9-11-18)15-20-13-6-7-16(2)14-20/h8-11,16,19H,3-7,12-15H2,1-2H3. The van der Waals surface area contributed by atoms with Gasteiger partial charge in [0.1, 0.15) is 0 Å². The molecule has 1 heterocycles. The average molecular weight is 274 g/mol. The van der Waals surface area contributed by atoms with Gasteiger partial charge in [0, 0.05) is 25.3 Å². The van der Waals surface area contributed by atoms with Crippen molar-refractivity contribution < 1.29 is 0 Å². The zero-order valence-corrected chi connectivity index (χ0v) is 13.2. The molecule has 0 aliphatic carbocycles. The number of piperidine rings is 1. The number of hydrogen-bond acceptors (Lipinski definition) is 2. The van der Waals surface area contributed by atoms with Gasteiger partial charge in [-0.05, 0) is 49.4 Å². The lowest BCUT2D eigenvalue weighted by molar-refractivity contribution is 0.176. The van der Waals surface area contributed by atoms with Crippen LogP contribution in [-0.2, 0) is 6.54 Å². The molecule has 20 heavy (non-hydrogen) atoms. The van der Waals surface area contributed by atoms with E-state index in [1.807, 2.05) is 0 Å². The highest BCUT2D eigenvalue weighted by molar-refractivity contribution is 5.44. The molecule has 112 valence electrons. The Labute approximate surface area is 124 Å². The van der Waals surface area contributed by atoms with Crippen molar-refractivity contribution in [2.75, 3.05) is 25.0 Å². The second-order valence-corrected chi connectivity index (χ2v) is 6.31. The fraction of sp³-hybridized carbons (Fsp3) is 0.667. The molecule has 2 nitrogen and oxygen atoms in total. The maximum absolute atomic E-state index is 3.50. The van der Waals surface area contributed by atoms with Crippen LogP contribution in [0.2, 0.25) is 0 Å². The minimum Gasteiger partial charge on any atom is -0.385 e. The predicted octanol–water partition coefficient (Wildman–Crippen LogP) is 4.52. The lowest BCUT2D eigenvalue weighted by Crippen LogP contribution is -2.33. The van der Waals surface area contributed by atoms with Crippen LogP contribution in [0.5, 0.6) is 0 Å². The highest BCUT2D eigenvalue weighted by atomic mass is 15.1. The Hall–Kier alpha value is -1.02. The zero-order valence-electron chi connectivity index (χ0n) is 13.2. The molecule has 1 aromatic rings. The molecule has 0 amide bonds.